The van der Waals surface area contributed by atoms with Gasteiger partial charge in [-0.2, -0.15) is 0 Å². The van der Waals surface area contributed by atoms with Crippen LogP contribution < -0.4 is 5.14 Å². The van der Waals surface area contributed by atoms with E-state index in [0.717, 1.165) is 5.39 Å². The van der Waals surface area contributed by atoms with E-state index in [1.807, 2.05) is 12.1 Å². The first-order valence-electron chi connectivity index (χ1n) is 3.93. The fourth-order valence-corrected chi connectivity index (χ4v) is 1.66. The maximum Gasteiger partial charge on any atom is 0.271 e. The number of para-hydroxylation sites is 1. The molecule has 0 saturated heterocycles. The van der Waals surface area contributed by atoms with Crippen LogP contribution in [0, 0.1) is 0 Å². The Kier molecular flexibility index (Phi) is 1.98. The molecule has 0 spiro atoms. The van der Waals surface area contributed by atoms with Crippen LogP contribution in [0.25, 0.3) is 10.9 Å². The zero-order valence-electron chi connectivity index (χ0n) is 7.14. The number of nitrogens with zero attached hydrogens (tertiary/aromatic N) is 1. The van der Waals surface area contributed by atoms with Crippen LogP contribution in [-0.4, -0.2) is 13.4 Å². The third-order valence-corrected chi connectivity index (χ3v) is 2.63. The zero-order chi connectivity index (χ0) is 10.2. The average molecular weight is 207 g/mol. The summed E-state index contributed by atoms with van der Waals surface area (Å²) < 4.78 is 21.8. The molecule has 0 bridgehead atoms. The molecule has 2 aromatic rings. The van der Waals surface area contributed by atoms with Crippen LogP contribution in [0.2, 0.25) is 0 Å². The summed E-state index contributed by atoms with van der Waals surface area (Å²) in [6.45, 7) is 0. The molecule has 1 aromatic heterocycles. The average Bonchev–Trinajstić information content (AvgIpc) is 2.16. The molecule has 4 nitrogen and oxygen atoms in total. The lowest BCUT2D eigenvalue weighted by Crippen LogP contribution is -2.03. The Labute approximate surface area is 81.4 Å². The van der Waals surface area contributed by atoms with E-state index in [9.17, 15) is 8.42 Å². The van der Waals surface area contributed by atoms with Gasteiger partial charge >= 0.3 is 0 Å². The summed E-state index contributed by atoms with van der Waals surface area (Å²) in [6.07, 6.45) is 0. The van der Waals surface area contributed by atoms with Gasteiger partial charge in [-0.3, -0.25) is 0 Å². The summed E-state index contributed by atoms with van der Waals surface area (Å²) in [4.78, 5) is 3.87. The Morgan fingerprint density at radius 2 is 1.79 bits per heavy atom. The molecule has 14 heavy (non-hydrogen) atoms. The summed E-state index contributed by atoms with van der Waals surface area (Å²) in [7, 11) is -3.96. The van der Waals surface area contributed by atoms with Crippen LogP contribution in [0.15, 0.2) is 41.4 Å². The molecular weight excluding hydrogens is 200 g/mol. The molecule has 0 aliphatic carbocycles. The lowest BCUT2D eigenvalue weighted by molar-refractivity contribution is 0.593. The van der Waals surface area contributed by atoms with E-state index < -0.39 is 10.0 Å². The Balaban J connectivity index is 2.75. The molecule has 5 heteroatoms. The third-order valence-electron chi connectivity index (χ3n) is 1.85. The second kappa shape index (κ2) is 3.04. The van der Waals surface area contributed by atoms with Gasteiger partial charge in [0.2, 0.25) is 0 Å². The van der Waals surface area contributed by atoms with Gasteiger partial charge in [-0.1, -0.05) is 18.2 Å². The molecule has 1 N–H and O–H groups in total. The minimum Gasteiger partial charge on any atom is -0.235 e. The maximum atomic E-state index is 10.9. The highest BCUT2D eigenvalue weighted by atomic mass is 32.2. The van der Waals surface area contributed by atoms with Crippen molar-refractivity contribution in [2.45, 2.75) is 5.03 Å². The molecule has 0 atom stereocenters. The number of sulfonamides is 1. The van der Waals surface area contributed by atoms with E-state index in [2.05, 4.69) is 4.98 Å². The SMILES string of the molecule is [NH]S(=O)(=O)c1ccc2ccccc2n1. The molecule has 71 valence electrons. The predicted molar refractivity (Wildman–Crippen MR) is 52.0 cm³/mol. The fraction of sp³-hybridized carbons (Fsp3) is 0. The first-order chi connectivity index (χ1) is 6.57. The first kappa shape index (κ1) is 9.11. The van der Waals surface area contributed by atoms with Gasteiger partial charge < -0.3 is 0 Å². The standard InChI is InChI=1S/C9H7N2O2S/c10-14(12,13)9-6-5-7-3-1-2-4-8(7)11-9/h1-6,10H. The number of fused-ring (bicyclic) bond motifs is 1. The van der Waals surface area contributed by atoms with Gasteiger partial charge in [0.1, 0.15) is 0 Å². The third kappa shape index (κ3) is 1.59. The largest absolute Gasteiger partial charge is 0.271 e. The number of nitrogens with one attached hydrogen (secondary N) is 1. The molecule has 0 saturated carbocycles. The van der Waals surface area contributed by atoms with Gasteiger partial charge in [-0.25, -0.2) is 13.4 Å². The number of rotatable bonds is 1. The molecule has 2 rings (SSSR count). The molecule has 0 unspecified atom stereocenters. The van der Waals surface area contributed by atoms with E-state index >= 15 is 0 Å². The van der Waals surface area contributed by atoms with Crippen molar-refractivity contribution in [2.75, 3.05) is 0 Å². The second-order valence-corrected chi connectivity index (χ2v) is 4.27. The highest BCUT2D eigenvalue weighted by Crippen LogP contribution is 2.13. The van der Waals surface area contributed by atoms with Crippen molar-refractivity contribution < 1.29 is 8.42 Å². The minimum atomic E-state index is -3.96. The highest BCUT2D eigenvalue weighted by molar-refractivity contribution is 7.88. The van der Waals surface area contributed by atoms with Crippen LogP contribution in [-0.2, 0) is 10.0 Å². The van der Waals surface area contributed by atoms with Gasteiger partial charge in [-0.05, 0) is 18.2 Å². The van der Waals surface area contributed by atoms with Crippen molar-refractivity contribution in [3.05, 3.63) is 36.4 Å². The molecule has 1 radical (unpaired) electrons. The van der Waals surface area contributed by atoms with E-state index in [4.69, 9.17) is 5.14 Å². The second-order valence-electron chi connectivity index (χ2n) is 2.85. The maximum absolute atomic E-state index is 10.9. The van der Waals surface area contributed by atoms with Crippen molar-refractivity contribution in [2.24, 2.45) is 0 Å². The molecule has 1 aromatic carbocycles. The number of aromatic nitrogens is 1. The Hall–Kier alpha value is -1.46. The molecule has 1 heterocycles. The topological polar surface area (TPSA) is 70.8 Å². The van der Waals surface area contributed by atoms with E-state index in [0.29, 0.717) is 5.52 Å². The van der Waals surface area contributed by atoms with Gasteiger partial charge in [0.05, 0.1) is 5.52 Å². The summed E-state index contributed by atoms with van der Waals surface area (Å²) in [5.74, 6) is 0. The van der Waals surface area contributed by atoms with Crippen molar-refractivity contribution >= 4 is 20.9 Å². The van der Waals surface area contributed by atoms with E-state index in [-0.39, 0.29) is 5.03 Å². The lowest BCUT2D eigenvalue weighted by Gasteiger charge is -1.98. The molecule has 0 aliphatic heterocycles. The van der Waals surface area contributed by atoms with E-state index in [1.165, 1.54) is 6.07 Å². The Bertz CT molecular complexity index is 578. The molecule has 0 aliphatic rings. The molecule has 0 fully saturated rings. The van der Waals surface area contributed by atoms with Crippen LogP contribution in [0.3, 0.4) is 0 Å². The van der Waals surface area contributed by atoms with Crippen LogP contribution in [0.1, 0.15) is 0 Å². The monoisotopic (exact) mass is 207 g/mol. The van der Waals surface area contributed by atoms with Gasteiger partial charge in [0.25, 0.3) is 10.0 Å². The summed E-state index contributed by atoms with van der Waals surface area (Å²) in [5.41, 5.74) is 0.584. The first-order valence-corrected chi connectivity index (χ1v) is 5.41. The van der Waals surface area contributed by atoms with Crippen LogP contribution in [0.5, 0.6) is 0 Å². The van der Waals surface area contributed by atoms with Gasteiger partial charge in [0.15, 0.2) is 5.03 Å². The normalized spacial score (nSPS) is 11.8. The minimum absolute atomic E-state index is 0.212. The number of hydrogen-bond acceptors (Lipinski definition) is 3. The van der Waals surface area contributed by atoms with Crippen molar-refractivity contribution in [1.29, 1.82) is 0 Å². The zero-order valence-corrected chi connectivity index (χ0v) is 7.95. The Morgan fingerprint density at radius 1 is 1.07 bits per heavy atom. The summed E-state index contributed by atoms with van der Waals surface area (Å²) in [5, 5.41) is 7.51. The van der Waals surface area contributed by atoms with Crippen LogP contribution >= 0.6 is 0 Å². The van der Waals surface area contributed by atoms with Gasteiger partial charge in [0, 0.05) is 5.39 Å². The number of hydrogen-bond donors (Lipinski definition) is 0. The lowest BCUT2D eigenvalue weighted by atomic mass is 10.2. The quantitative estimate of drug-likeness (QED) is 0.705. The fourth-order valence-electron chi connectivity index (χ4n) is 1.20. The smallest absolute Gasteiger partial charge is 0.235 e. The summed E-state index contributed by atoms with van der Waals surface area (Å²) >= 11 is 0. The molecular formula is C9H7N2O2S. The predicted octanol–water partition coefficient (Wildman–Crippen LogP) is 1.21. The summed E-state index contributed by atoms with van der Waals surface area (Å²) in [6, 6.07) is 10.1. The number of benzene rings is 1. The van der Waals surface area contributed by atoms with Crippen molar-refractivity contribution in [3.8, 4) is 0 Å². The van der Waals surface area contributed by atoms with Crippen molar-refractivity contribution in [3.63, 3.8) is 0 Å². The number of pyridine rings is 1. The van der Waals surface area contributed by atoms with Gasteiger partial charge in [-0.15, -0.1) is 5.14 Å². The Morgan fingerprint density at radius 3 is 2.50 bits per heavy atom. The van der Waals surface area contributed by atoms with Crippen LogP contribution in [0.4, 0.5) is 0 Å². The van der Waals surface area contributed by atoms with E-state index in [1.54, 1.807) is 18.2 Å². The van der Waals surface area contributed by atoms with Crippen molar-refractivity contribution in [1.82, 2.24) is 10.1 Å². The highest BCUT2D eigenvalue weighted by Gasteiger charge is 2.10. The molecule has 0 amide bonds.